The predicted octanol–water partition coefficient (Wildman–Crippen LogP) is 3.45. The van der Waals surface area contributed by atoms with Gasteiger partial charge in [0.25, 0.3) is 0 Å². The number of rotatable bonds is 2. The van der Waals surface area contributed by atoms with Gasteiger partial charge in [-0.3, -0.25) is 4.99 Å². The summed E-state index contributed by atoms with van der Waals surface area (Å²) in [5.74, 6) is -0.278. The van der Waals surface area contributed by atoms with Crippen LogP contribution in [-0.2, 0) is 4.74 Å². The van der Waals surface area contributed by atoms with Gasteiger partial charge in [-0.15, -0.1) is 0 Å². The summed E-state index contributed by atoms with van der Waals surface area (Å²) in [5, 5.41) is 3.27. The van der Waals surface area contributed by atoms with Crippen LogP contribution < -0.4 is 0 Å². The number of methoxy groups -OCH3 is 1. The number of carbonyl (C=O) groups excluding carboxylic acids is 1. The fraction of sp³-hybridized carbons (Fsp3) is 0.529. The summed E-state index contributed by atoms with van der Waals surface area (Å²) in [6.07, 6.45) is 4.93. The first kappa shape index (κ1) is 14.9. The third kappa shape index (κ3) is 2.15. The van der Waals surface area contributed by atoms with E-state index in [0.717, 1.165) is 27.8 Å². The summed E-state index contributed by atoms with van der Waals surface area (Å²) >= 11 is 1.70. The number of amidine groups is 1. The summed E-state index contributed by atoms with van der Waals surface area (Å²) in [7, 11) is 1.43. The number of fused-ring (bicyclic) bond motifs is 3. The van der Waals surface area contributed by atoms with Gasteiger partial charge in [0, 0.05) is 11.1 Å². The summed E-state index contributed by atoms with van der Waals surface area (Å²) in [4.78, 5) is 22.7. The molecule has 4 rings (SSSR count). The van der Waals surface area contributed by atoms with E-state index in [0.29, 0.717) is 17.6 Å². The topological polar surface area (TPSA) is 57.7 Å². The number of H-pyrrole nitrogens is 1. The highest BCUT2D eigenvalue weighted by molar-refractivity contribution is 8.16. The van der Waals surface area contributed by atoms with Gasteiger partial charge >= 0.3 is 5.97 Å². The van der Waals surface area contributed by atoms with E-state index in [1.165, 1.54) is 32.8 Å². The molecule has 0 saturated heterocycles. The largest absolute Gasteiger partial charge is 0.465 e. The molecule has 1 fully saturated rings. The Morgan fingerprint density at radius 2 is 2.17 bits per heavy atom. The molecular formula is C17H21N3O2S. The van der Waals surface area contributed by atoms with E-state index < -0.39 is 0 Å². The van der Waals surface area contributed by atoms with Crippen molar-refractivity contribution in [3.63, 3.8) is 0 Å². The van der Waals surface area contributed by atoms with E-state index in [1.807, 2.05) is 13.8 Å². The molecule has 3 aliphatic rings. The van der Waals surface area contributed by atoms with Gasteiger partial charge in [0.15, 0.2) is 5.17 Å². The number of aromatic nitrogens is 1. The van der Waals surface area contributed by atoms with Gasteiger partial charge in [0.1, 0.15) is 0 Å². The van der Waals surface area contributed by atoms with Gasteiger partial charge in [-0.05, 0) is 32.3 Å². The summed E-state index contributed by atoms with van der Waals surface area (Å²) in [6.45, 7) is 3.91. The Labute approximate surface area is 140 Å². The van der Waals surface area contributed by atoms with Crippen LogP contribution in [0.25, 0.3) is 5.70 Å². The smallest absolute Gasteiger partial charge is 0.339 e. The van der Waals surface area contributed by atoms with E-state index >= 15 is 0 Å². The van der Waals surface area contributed by atoms with Crippen molar-refractivity contribution in [3.05, 3.63) is 27.9 Å². The average Bonchev–Trinajstić information content (AvgIpc) is 3.18. The van der Waals surface area contributed by atoms with Crippen LogP contribution in [0.3, 0.4) is 0 Å². The zero-order chi connectivity index (χ0) is 16.1. The maximum Gasteiger partial charge on any atom is 0.339 e. The summed E-state index contributed by atoms with van der Waals surface area (Å²) < 4.78 is 4.93. The molecule has 0 amide bonds. The molecule has 0 spiro atoms. The number of nitrogens with zero attached hydrogens (tertiary/aromatic N) is 2. The van der Waals surface area contributed by atoms with E-state index in [1.54, 1.807) is 11.8 Å². The van der Waals surface area contributed by atoms with Crippen molar-refractivity contribution in [2.75, 3.05) is 7.11 Å². The number of aromatic amines is 1. The molecule has 1 aromatic heterocycles. The molecule has 5 nitrogen and oxygen atoms in total. The Balaban J connectivity index is 1.72. The molecule has 23 heavy (non-hydrogen) atoms. The number of nitrogens with one attached hydrogen (secondary N) is 1. The van der Waals surface area contributed by atoms with Crippen LogP contribution in [0.5, 0.6) is 0 Å². The number of carbonyl (C=O) groups is 1. The summed E-state index contributed by atoms with van der Waals surface area (Å²) in [6, 6.07) is 0.913. The third-order valence-electron chi connectivity index (χ3n) is 5.13. The van der Waals surface area contributed by atoms with E-state index in [9.17, 15) is 4.79 Å². The number of ether oxygens (including phenoxy) is 1. The average molecular weight is 331 g/mol. The SMILES string of the molecule is COC(=O)c1c(C)[nH]c(C2=CSC3=N[C@H]4CCCC[C@H]4N23)c1C. The van der Waals surface area contributed by atoms with Crippen LogP contribution >= 0.6 is 11.8 Å². The minimum atomic E-state index is -0.278. The van der Waals surface area contributed by atoms with Crippen molar-refractivity contribution in [3.8, 4) is 0 Å². The first-order chi connectivity index (χ1) is 11.1. The highest BCUT2D eigenvalue weighted by Crippen LogP contribution is 2.44. The standard InChI is InChI=1S/C17H21N3O2S/c1-9-14(16(21)22-3)10(2)18-15(9)13-8-23-17-19-11-6-4-5-7-12(11)20(13)17/h8,11-12,18H,4-7H2,1-3H3/t11-,12+/m0/s1. The maximum atomic E-state index is 12.0. The minimum absolute atomic E-state index is 0.278. The van der Waals surface area contributed by atoms with Crippen LogP contribution in [0.2, 0.25) is 0 Å². The number of hydrogen-bond acceptors (Lipinski definition) is 5. The quantitative estimate of drug-likeness (QED) is 0.843. The van der Waals surface area contributed by atoms with Gasteiger partial charge in [-0.1, -0.05) is 24.6 Å². The number of hydrogen-bond donors (Lipinski definition) is 1. The molecule has 2 aliphatic heterocycles. The number of aryl methyl sites for hydroxylation is 1. The third-order valence-corrected chi connectivity index (χ3v) is 5.98. The maximum absolute atomic E-state index is 12.0. The molecule has 122 valence electrons. The summed E-state index contributed by atoms with van der Waals surface area (Å²) in [5.41, 5.74) is 4.64. The van der Waals surface area contributed by atoms with Crippen molar-refractivity contribution < 1.29 is 9.53 Å². The molecule has 0 radical (unpaired) electrons. The number of thioether (sulfide) groups is 1. The van der Waals surface area contributed by atoms with Crippen LogP contribution in [0.1, 0.15) is 53.0 Å². The fourth-order valence-electron chi connectivity index (χ4n) is 4.02. The van der Waals surface area contributed by atoms with Crippen molar-refractivity contribution in [1.29, 1.82) is 0 Å². The molecule has 6 heteroatoms. The zero-order valence-corrected chi connectivity index (χ0v) is 14.5. The van der Waals surface area contributed by atoms with E-state index in [-0.39, 0.29) is 5.97 Å². The second-order valence-corrected chi connectivity index (χ2v) is 7.27. The Hall–Kier alpha value is -1.69. The lowest BCUT2D eigenvalue weighted by Crippen LogP contribution is -2.38. The van der Waals surface area contributed by atoms with Crippen LogP contribution in [-0.4, -0.2) is 40.2 Å². The second-order valence-electron chi connectivity index (χ2n) is 6.44. The highest BCUT2D eigenvalue weighted by Gasteiger charge is 2.43. The molecular weight excluding hydrogens is 310 g/mol. The van der Waals surface area contributed by atoms with Crippen molar-refractivity contribution >= 4 is 28.6 Å². The molecule has 0 aromatic carbocycles. The molecule has 3 heterocycles. The van der Waals surface area contributed by atoms with Gasteiger partial charge < -0.3 is 14.6 Å². The Bertz CT molecular complexity index is 734. The van der Waals surface area contributed by atoms with Crippen molar-refractivity contribution in [2.45, 2.75) is 51.6 Å². The Kier molecular flexibility index (Phi) is 3.52. The lowest BCUT2D eigenvalue weighted by molar-refractivity contribution is 0.0599. The lowest BCUT2D eigenvalue weighted by Gasteiger charge is -2.31. The van der Waals surface area contributed by atoms with Crippen LogP contribution in [0.4, 0.5) is 0 Å². The minimum Gasteiger partial charge on any atom is -0.465 e. The van der Waals surface area contributed by atoms with Gasteiger partial charge in [0.2, 0.25) is 0 Å². The molecule has 1 N–H and O–H groups in total. The Morgan fingerprint density at radius 1 is 1.39 bits per heavy atom. The van der Waals surface area contributed by atoms with Gasteiger partial charge in [-0.2, -0.15) is 0 Å². The molecule has 0 unspecified atom stereocenters. The number of aliphatic imine (C=N–C) groups is 1. The molecule has 2 atom stereocenters. The normalized spacial score (nSPS) is 25.8. The lowest BCUT2D eigenvalue weighted by atomic mass is 9.90. The van der Waals surface area contributed by atoms with E-state index in [4.69, 9.17) is 9.73 Å². The van der Waals surface area contributed by atoms with Crippen molar-refractivity contribution in [1.82, 2.24) is 9.88 Å². The zero-order valence-electron chi connectivity index (χ0n) is 13.7. The van der Waals surface area contributed by atoms with E-state index in [2.05, 4.69) is 15.3 Å². The van der Waals surface area contributed by atoms with Gasteiger partial charge in [0.05, 0.1) is 36.1 Å². The van der Waals surface area contributed by atoms with Crippen LogP contribution in [0.15, 0.2) is 10.4 Å². The monoisotopic (exact) mass is 331 g/mol. The van der Waals surface area contributed by atoms with Crippen molar-refractivity contribution in [2.24, 2.45) is 4.99 Å². The molecule has 1 aliphatic carbocycles. The second kappa shape index (κ2) is 5.44. The Morgan fingerprint density at radius 3 is 2.96 bits per heavy atom. The first-order valence-electron chi connectivity index (χ1n) is 8.13. The molecule has 1 saturated carbocycles. The predicted molar refractivity (Wildman–Crippen MR) is 92.5 cm³/mol. The molecule has 0 bridgehead atoms. The van der Waals surface area contributed by atoms with Crippen LogP contribution in [0, 0.1) is 13.8 Å². The number of esters is 1. The highest BCUT2D eigenvalue weighted by atomic mass is 32.2. The van der Waals surface area contributed by atoms with Gasteiger partial charge in [-0.25, -0.2) is 4.79 Å². The first-order valence-corrected chi connectivity index (χ1v) is 9.01. The fourth-order valence-corrected chi connectivity index (χ4v) is 5.01. The molecule has 1 aromatic rings.